The van der Waals surface area contributed by atoms with E-state index in [4.69, 9.17) is 0 Å². The number of rotatable bonds is 2. The van der Waals surface area contributed by atoms with E-state index in [0.29, 0.717) is 5.92 Å². The molecule has 1 aromatic rings. The van der Waals surface area contributed by atoms with Gasteiger partial charge in [0.05, 0.1) is 5.56 Å². The predicted molar refractivity (Wildman–Crippen MR) is 71.6 cm³/mol. The predicted octanol–water partition coefficient (Wildman–Crippen LogP) is 3.09. The fraction of sp³-hybridized carbons (Fsp3) is 0.571. The van der Waals surface area contributed by atoms with Gasteiger partial charge in [-0.2, -0.15) is 5.26 Å². The van der Waals surface area contributed by atoms with Gasteiger partial charge in [0, 0.05) is 10.8 Å². The molecular formula is C14H16N2OS. The van der Waals surface area contributed by atoms with Crippen LogP contribution in [0.2, 0.25) is 0 Å². The molecule has 94 valence electrons. The van der Waals surface area contributed by atoms with Crippen molar-refractivity contribution in [1.82, 2.24) is 0 Å². The highest BCUT2D eigenvalue weighted by Crippen LogP contribution is 2.40. The number of thiophene rings is 1. The first kappa shape index (κ1) is 11.7. The molecule has 0 saturated heterocycles. The summed E-state index contributed by atoms with van der Waals surface area (Å²) in [5.41, 5.74) is 1.91. The normalized spacial score (nSPS) is 22.1. The zero-order valence-corrected chi connectivity index (χ0v) is 11.3. The van der Waals surface area contributed by atoms with Crippen molar-refractivity contribution in [3.63, 3.8) is 0 Å². The van der Waals surface area contributed by atoms with Gasteiger partial charge in [0.2, 0.25) is 5.91 Å². The summed E-state index contributed by atoms with van der Waals surface area (Å²) in [6.45, 7) is 2.25. The molecule has 2 aliphatic carbocycles. The molecule has 1 heterocycles. The first-order valence-corrected chi connectivity index (χ1v) is 7.36. The highest BCUT2D eigenvalue weighted by Gasteiger charge is 2.31. The van der Waals surface area contributed by atoms with E-state index in [2.05, 4.69) is 18.3 Å². The average molecular weight is 260 g/mol. The number of nitriles is 1. The lowest BCUT2D eigenvalue weighted by atomic mass is 9.88. The van der Waals surface area contributed by atoms with Gasteiger partial charge in [-0.1, -0.05) is 6.92 Å². The molecule has 0 bridgehead atoms. The van der Waals surface area contributed by atoms with Crippen molar-refractivity contribution in [2.24, 2.45) is 11.8 Å². The van der Waals surface area contributed by atoms with Gasteiger partial charge in [-0.3, -0.25) is 4.79 Å². The number of fused-ring (bicyclic) bond motifs is 1. The van der Waals surface area contributed by atoms with Crippen LogP contribution < -0.4 is 5.32 Å². The molecule has 18 heavy (non-hydrogen) atoms. The molecule has 1 amide bonds. The molecule has 0 aromatic carbocycles. The Morgan fingerprint density at radius 1 is 1.44 bits per heavy atom. The van der Waals surface area contributed by atoms with Crippen molar-refractivity contribution < 1.29 is 4.79 Å². The Labute approximate surface area is 111 Å². The van der Waals surface area contributed by atoms with E-state index in [0.717, 1.165) is 42.7 Å². The van der Waals surface area contributed by atoms with Crippen molar-refractivity contribution in [3.8, 4) is 6.07 Å². The third kappa shape index (κ3) is 2.04. The van der Waals surface area contributed by atoms with Crippen molar-refractivity contribution in [2.75, 3.05) is 5.32 Å². The van der Waals surface area contributed by atoms with Crippen LogP contribution in [0.15, 0.2) is 0 Å². The second kappa shape index (κ2) is 4.40. The summed E-state index contributed by atoms with van der Waals surface area (Å²) in [6, 6.07) is 2.28. The van der Waals surface area contributed by atoms with E-state index in [-0.39, 0.29) is 11.8 Å². The molecule has 2 aliphatic rings. The summed E-state index contributed by atoms with van der Waals surface area (Å²) in [5, 5.41) is 13.0. The van der Waals surface area contributed by atoms with E-state index in [1.807, 2.05) is 0 Å². The second-order valence-corrected chi connectivity index (χ2v) is 6.54. The molecule has 1 saturated carbocycles. The van der Waals surface area contributed by atoms with Crippen LogP contribution in [-0.4, -0.2) is 5.91 Å². The summed E-state index contributed by atoms with van der Waals surface area (Å²) >= 11 is 1.61. The van der Waals surface area contributed by atoms with Gasteiger partial charge in [-0.25, -0.2) is 0 Å². The van der Waals surface area contributed by atoms with Crippen LogP contribution in [0.3, 0.4) is 0 Å². The zero-order chi connectivity index (χ0) is 12.7. The van der Waals surface area contributed by atoms with Crippen molar-refractivity contribution in [1.29, 1.82) is 5.26 Å². The van der Waals surface area contributed by atoms with Crippen LogP contribution in [0.5, 0.6) is 0 Å². The maximum atomic E-state index is 11.8. The molecule has 1 fully saturated rings. The van der Waals surface area contributed by atoms with Crippen LogP contribution >= 0.6 is 11.3 Å². The molecule has 3 nitrogen and oxygen atoms in total. The molecule has 1 N–H and O–H groups in total. The van der Waals surface area contributed by atoms with Gasteiger partial charge in [0.15, 0.2) is 0 Å². The molecule has 0 radical (unpaired) electrons. The maximum Gasteiger partial charge on any atom is 0.228 e. The van der Waals surface area contributed by atoms with Crippen molar-refractivity contribution in [2.45, 2.75) is 39.0 Å². The highest BCUT2D eigenvalue weighted by atomic mass is 32.1. The van der Waals surface area contributed by atoms with Gasteiger partial charge in [-0.15, -0.1) is 11.3 Å². The molecule has 3 rings (SSSR count). The van der Waals surface area contributed by atoms with E-state index in [1.165, 1.54) is 10.4 Å². The van der Waals surface area contributed by atoms with Gasteiger partial charge in [-0.05, 0) is 43.6 Å². The minimum absolute atomic E-state index is 0.0955. The van der Waals surface area contributed by atoms with Crippen LogP contribution in [0.4, 0.5) is 5.00 Å². The van der Waals surface area contributed by atoms with E-state index < -0.39 is 0 Å². The molecule has 1 atom stereocenters. The number of amides is 1. The Morgan fingerprint density at radius 3 is 2.89 bits per heavy atom. The van der Waals surface area contributed by atoms with Crippen LogP contribution in [0.1, 0.15) is 42.2 Å². The van der Waals surface area contributed by atoms with Crippen LogP contribution in [0.25, 0.3) is 0 Å². The smallest absolute Gasteiger partial charge is 0.228 e. The summed E-state index contributed by atoms with van der Waals surface area (Å²) < 4.78 is 0. The minimum Gasteiger partial charge on any atom is -0.316 e. The lowest BCUT2D eigenvalue weighted by Gasteiger charge is -2.17. The Bertz CT molecular complexity index is 537. The Morgan fingerprint density at radius 2 is 2.22 bits per heavy atom. The SMILES string of the molecule is C[C@H]1CCc2c(sc(NC(=O)C3CC3)c2C#N)C1. The number of hydrogen-bond donors (Lipinski definition) is 1. The number of carbonyl (C=O) groups is 1. The van der Waals surface area contributed by atoms with Gasteiger partial charge < -0.3 is 5.32 Å². The fourth-order valence-corrected chi connectivity index (χ4v) is 3.88. The van der Waals surface area contributed by atoms with E-state index in [1.54, 1.807) is 11.3 Å². The monoisotopic (exact) mass is 260 g/mol. The third-order valence-corrected chi connectivity index (χ3v) is 4.98. The number of nitrogens with one attached hydrogen (secondary N) is 1. The summed E-state index contributed by atoms with van der Waals surface area (Å²) in [7, 11) is 0. The summed E-state index contributed by atoms with van der Waals surface area (Å²) in [6.07, 6.45) is 5.17. The molecular weight excluding hydrogens is 244 g/mol. The summed E-state index contributed by atoms with van der Waals surface area (Å²) in [4.78, 5) is 13.1. The lowest BCUT2D eigenvalue weighted by Crippen LogP contribution is -2.13. The zero-order valence-electron chi connectivity index (χ0n) is 10.5. The number of anilines is 1. The van der Waals surface area contributed by atoms with Crippen LogP contribution in [0, 0.1) is 23.2 Å². The van der Waals surface area contributed by atoms with E-state index >= 15 is 0 Å². The number of hydrogen-bond acceptors (Lipinski definition) is 3. The maximum absolute atomic E-state index is 11.8. The Hall–Kier alpha value is -1.34. The first-order valence-electron chi connectivity index (χ1n) is 6.54. The van der Waals surface area contributed by atoms with E-state index in [9.17, 15) is 10.1 Å². The Balaban J connectivity index is 1.89. The topological polar surface area (TPSA) is 52.9 Å². The largest absolute Gasteiger partial charge is 0.316 e. The Kier molecular flexibility index (Phi) is 2.87. The molecule has 0 unspecified atom stereocenters. The standard InChI is InChI=1S/C14H16N2OS/c1-8-2-5-10-11(7-15)14(18-12(10)6-8)16-13(17)9-3-4-9/h8-9H,2-6H2,1H3,(H,16,17)/t8-/m0/s1. The minimum atomic E-state index is 0.0955. The quantitative estimate of drug-likeness (QED) is 0.888. The van der Waals surface area contributed by atoms with Gasteiger partial charge >= 0.3 is 0 Å². The van der Waals surface area contributed by atoms with Gasteiger partial charge in [0.1, 0.15) is 11.1 Å². The first-order chi connectivity index (χ1) is 8.69. The average Bonchev–Trinajstić information content (AvgIpc) is 3.12. The molecule has 1 aromatic heterocycles. The fourth-order valence-electron chi connectivity index (χ4n) is 2.52. The third-order valence-electron chi connectivity index (χ3n) is 3.81. The molecule has 0 aliphatic heterocycles. The van der Waals surface area contributed by atoms with Crippen LogP contribution in [-0.2, 0) is 17.6 Å². The van der Waals surface area contributed by atoms with Crippen molar-refractivity contribution in [3.05, 3.63) is 16.0 Å². The molecule has 0 spiro atoms. The number of carbonyl (C=O) groups excluding carboxylic acids is 1. The highest BCUT2D eigenvalue weighted by molar-refractivity contribution is 7.16. The lowest BCUT2D eigenvalue weighted by molar-refractivity contribution is -0.117. The van der Waals surface area contributed by atoms with Crippen molar-refractivity contribution >= 4 is 22.2 Å². The second-order valence-electron chi connectivity index (χ2n) is 5.43. The number of nitrogens with zero attached hydrogens (tertiary/aromatic N) is 1. The van der Waals surface area contributed by atoms with Gasteiger partial charge in [0.25, 0.3) is 0 Å². The molecule has 4 heteroatoms. The summed E-state index contributed by atoms with van der Waals surface area (Å²) in [5.74, 6) is 0.974.